The van der Waals surface area contributed by atoms with Crippen LogP contribution >= 0.6 is 22.7 Å². The number of hydrogen-bond acceptors (Lipinski definition) is 10. The predicted octanol–water partition coefficient (Wildman–Crippen LogP) is 9.12. The van der Waals surface area contributed by atoms with Crippen LogP contribution in [-0.4, -0.2) is 38.4 Å². The molecule has 0 fully saturated rings. The lowest BCUT2D eigenvalue weighted by Crippen LogP contribution is -1.96. The number of aromatic nitrogens is 2. The van der Waals surface area contributed by atoms with E-state index in [0.29, 0.717) is 11.5 Å². The van der Waals surface area contributed by atoms with Crippen LogP contribution in [0.5, 0.6) is 23.0 Å². The average molecular weight is 623 g/mol. The first-order chi connectivity index (χ1) is 21.6. The van der Waals surface area contributed by atoms with Crippen molar-refractivity contribution in [1.29, 1.82) is 0 Å². The van der Waals surface area contributed by atoms with Gasteiger partial charge >= 0.3 is 0 Å². The number of nitrogens with zero attached hydrogens (tertiary/aromatic N) is 2. The van der Waals surface area contributed by atoms with Crippen LogP contribution in [0.1, 0.15) is 0 Å². The van der Waals surface area contributed by atoms with Gasteiger partial charge in [-0.15, -0.1) is 22.7 Å². The second-order valence-corrected chi connectivity index (χ2v) is 11.3. The number of anilines is 4. The van der Waals surface area contributed by atoms with Gasteiger partial charge in [0, 0.05) is 21.9 Å². The Morgan fingerprint density at radius 3 is 1.23 bits per heavy atom. The molecule has 0 radical (unpaired) electrons. The molecule has 0 saturated heterocycles. The van der Waals surface area contributed by atoms with Crippen LogP contribution in [0.2, 0.25) is 0 Å². The largest absolute Gasteiger partial charge is 0.497 e. The topological polar surface area (TPSA) is 86.8 Å². The second kappa shape index (κ2) is 13.1. The zero-order valence-electron chi connectivity index (χ0n) is 24.6. The van der Waals surface area contributed by atoms with Crippen LogP contribution < -0.4 is 29.6 Å². The summed E-state index contributed by atoms with van der Waals surface area (Å²) < 4.78 is 22.0. The third-order valence-electron chi connectivity index (χ3n) is 7.00. The lowest BCUT2D eigenvalue weighted by atomic mass is 10.0. The molecule has 6 rings (SSSR count). The van der Waals surface area contributed by atoms with E-state index in [-0.39, 0.29) is 0 Å². The fourth-order valence-corrected chi connectivity index (χ4v) is 6.09. The predicted molar refractivity (Wildman–Crippen MR) is 180 cm³/mol. The van der Waals surface area contributed by atoms with Crippen molar-refractivity contribution in [3.8, 4) is 56.6 Å². The van der Waals surface area contributed by atoms with Crippen molar-refractivity contribution < 1.29 is 18.9 Å². The number of ether oxygens (including phenoxy) is 4. The van der Waals surface area contributed by atoms with Gasteiger partial charge in [0.1, 0.15) is 23.0 Å². The maximum absolute atomic E-state index is 5.75. The molecule has 0 aliphatic carbocycles. The van der Waals surface area contributed by atoms with Crippen molar-refractivity contribution in [3.63, 3.8) is 0 Å². The first-order valence-corrected chi connectivity index (χ1v) is 15.4. The Balaban J connectivity index is 1.17. The molecule has 2 aromatic heterocycles. The minimum absolute atomic E-state index is 0.707. The summed E-state index contributed by atoms with van der Waals surface area (Å²) in [5, 5.41) is 12.4. The van der Waals surface area contributed by atoms with Crippen LogP contribution in [0, 0.1) is 0 Å². The molecule has 222 valence electrons. The molecule has 8 nitrogen and oxygen atoms in total. The van der Waals surface area contributed by atoms with Crippen molar-refractivity contribution in [2.45, 2.75) is 0 Å². The molecule has 0 atom stereocenters. The standard InChI is InChI=1S/C34H30N4O4S2/c1-39-25-11-5-21(6-12-25)29-19-43-33(37-29)35-27-15-9-23(17-31(27)41-3)24-10-16-28(32(18-24)42-4)36-34-38-30(20-44-34)22-7-13-26(40-2)14-8-22/h5-20H,1-4H3,(H,35,37)(H,36,38). The molecule has 4 aromatic carbocycles. The highest BCUT2D eigenvalue weighted by atomic mass is 32.1. The number of hydrogen-bond donors (Lipinski definition) is 2. The molecule has 0 amide bonds. The van der Waals surface area contributed by atoms with Gasteiger partial charge in [0.2, 0.25) is 0 Å². The minimum atomic E-state index is 0.707. The number of thiazole rings is 2. The Kier molecular flexibility index (Phi) is 8.62. The van der Waals surface area contributed by atoms with Crippen molar-refractivity contribution in [2.24, 2.45) is 0 Å². The smallest absolute Gasteiger partial charge is 0.187 e. The van der Waals surface area contributed by atoms with Crippen LogP contribution in [-0.2, 0) is 0 Å². The monoisotopic (exact) mass is 622 g/mol. The molecule has 10 heteroatoms. The molecule has 2 heterocycles. The lowest BCUT2D eigenvalue weighted by Gasteiger charge is -2.14. The van der Waals surface area contributed by atoms with Gasteiger partial charge in [0.15, 0.2) is 10.3 Å². The van der Waals surface area contributed by atoms with Gasteiger partial charge in [0.05, 0.1) is 51.2 Å². The Labute approximate surface area is 263 Å². The Morgan fingerprint density at radius 2 is 0.864 bits per heavy atom. The van der Waals surface area contributed by atoms with Crippen LogP contribution in [0.25, 0.3) is 33.6 Å². The highest BCUT2D eigenvalue weighted by Crippen LogP contribution is 2.38. The zero-order valence-corrected chi connectivity index (χ0v) is 26.2. The quantitative estimate of drug-likeness (QED) is 0.148. The van der Waals surface area contributed by atoms with E-state index in [0.717, 1.165) is 66.8 Å². The third kappa shape index (κ3) is 6.31. The molecule has 0 unspecified atom stereocenters. The summed E-state index contributed by atoms with van der Waals surface area (Å²) >= 11 is 3.07. The van der Waals surface area contributed by atoms with E-state index in [1.165, 1.54) is 22.7 Å². The molecule has 6 aromatic rings. The molecule has 44 heavy (non-hydrogen) atoms. The highest BCUT2D eigenvalue weighted by molar-refractivity contribution is 7.14. The summed E-state index contributed by atoms with van der Waals surface area (Å²) in [6, 6.07) is 27.8. The number of benzene rings is 4. The van der Waals surface area contributed by atoms with Crippen LogP contribution in [0.3, 0.4) is 0 Å². The minimum Gasteiger partial charge on any atom is -0.497 e. The molecule has 0 spiro atoms. The fraction of sp³-hybridized carbons (Fsp3) is 0.118. The van der Waals surface area contributed by atoms with Gasteiger partial charge < -0.3 is 29.6 Å². The van der Waals surface area contributed by atoms with Crippen LogP contribution in [0.4, 0.5) is 21.6 Å². The molecule has 0 aliphatic heterocycles. The molecular weight excluding hydrogens is 593 g/mol. The van der Waals surface area contributed by atoms with Crippen LogP contribution in [0.15, 0.2) is 95.7 Å². The van der Waals surface area contributed by atoms with Crippen molar-refractivity contribution in [3.05, 3.63) is 95.7 Å². The summed E-state index contributed by atoms with van der Waals surface area (Å²) in [4.78, 5) is 9.52. The summed E-state index contributed by atoms with van der Waals surface area (Å²) in [6.45, 7) is 0. The van der Waals surface area contributed by atoms with E-state index in [1.54, 1.807) is 28.4 Å². The first kappa shape index (κ1) is 29.0. The SMILES string of the molecule is COc1ccc(-c2csc(Nc3ccc(-c4ccc(Nc5nc(-c6ccc(OC)cc6)cs5)c(OC)c4)cc3OC)n2)cc1. The number of nitrogens with one attached hydrogen (secondary N) is 2. The summed E-state index contributed by atoms with van der Waals surface area (Å²) in [7, 11) is 6.64. The molecule has 0 saturated carbocycles. The Hall–Kier alpha value is -5.06. The first-order valence-electron chi connectivity index (χ1n) is 13.7. The maximum Gasteiger partial charge on any atom is 0.187 e. The van der Waals surface area contributed by atoms with Crippen molar-refractivity contribution in [2.75, 3.05) is 39.1 Å². The third-order valence-corrected chi connectivity index (χ3v) is 8.51. The van der Waals surface area contributed by atoms with Gasteiger partial charge in [-0.05, 0) is 83.9 Å². The normalized spacial score (nSPS) is 10.7. The van der Waals surface area contributed by atoms with Gasteiger partial charge in [-0.2, -0.15) is 0 Å². The van der Waals surface area contributed by atoms with E-state index in [2.05, 4.69) is 10.6 Å². The lowest BCUT2D eigenvalue weighted by molar-refractivity contribution is 0.415. The van der Waals surface area contributed by atoms with E-state index in [1.807, 2.05) is 95.7 Å². The summed E-state index contributed by atoms with van der Waals surface area (Å²) in [5.41, 5.74) is 7.48. The highest BCUT2D eigenvalue weighted by Gasteiger charge is 2.13. The Bertz CT molecular complexity index is 1730. The zero-order chi connectivity index (χ0) is 30.5. The van der Waals surface area contributed by atoms with E-state index in [9.17, 15) is 0 Å². The van der Waals surface area contributed by atoms with E-state index < -0.39 is 0 Å². The van der Waals surface area contributed by atoms with Gasteiger partial charge in [-0.3, -0.25) is 0 Å². The molecule has 2 N–H and O–H groups in total. The second-order valence-electron chi connectivity index (χ2n) is 9.61. The van der Waals surface area contributed by atoms with E-state index in [4.69, 9.17) is 28.9 Å². The van der Waals surface area contributed by atoms with Gasteiger partial charge in [0.25, 0.3) is 0 Å². The maximum atomic E-state index is 5.75. The van der Waals surface area contributed by atoms with E-state index >= 15 is 0 Å². The Morgan fingerprint density at radius 1 is 0.477 bits per heavy atom. The molecule has 0 bridgehead atoms. The van der Waals surface area contributed by atoms with Gasteiger partial charge in [-0.1, -0.05) is 12.1 Å². The van der Waals surface area contributed by atoms with Crippen molar-refractivity contribution in [1.82, 2.24) is 9.97 Å². The number of rotatable bonds is 11. The van der Waals surface area contributed by atoms with Gasteiger partial charge in [-0.25, -0.2) is 9.97 Å². The molecule has 0 aliphatic rings. The number of methoxy groups -OCH3 is 4. The fourth-order valence-electron chi connectivity index (χ4n) is 4.63. The summed E-state index contributed by atoms with van der Waals surface area (Å²) in [6.07, 6.45) is 0. The summed E-state index contributed by atoms with van der Waals surface area (Å²) in [5.74, 6) is 3.04. The van der Waals surface area contributed by atoms with Crippen molar-refractivity contribution >= 4 is 44.3 Å². The molecular formula is C34H30N4O4S2. The average Bonchev–Trinajstić information content (AvgIpc) is 3.75.